The Hall–Kier alpha value is -2.32. The Bertz CT molecular complexity index is 1060. The highest BCUT2D eigenvalue weighted by molar-refractivity contribution is 8.13. The molecule has 2 fully saturated rings. The summed E-state index contributed by atoms with van der Waals surface area (Å²) in [4.78, 5) is 27.3. The quantitative estimate of drug-likeness (QED) is 0.404. The molecule has 0 bridgehead atoms. The maximum absolute atomic E-state index is 12.2. The SMILES string of the molecule is C/C=S(/C[C@@]1(C)NC(=O)NC1=O)N1CCC(Nc2ccc3[nH]c(C(C)(C)C)cc3c2)CC1. The molecule has 3 heterocycles. The number of anilines is 1. The van der Waals surface area contributed by atoms with Crippen molar-refractivity contribution in [3.63, 3.8) is 0 Å². The van der Waals surface area contributed by atoms with Crippen LogP contribution in [-0.4, -0.2) is 57.0 Å². The minimum absolute atomic E-state index is 0.103. The third-order valence-corrected chi connectivity index (χ3v) is 8.86. The number of piperidine rings is 1. The first kappa shape index (κ1) is 22.9. The van der Waals surface area contributed by atoms with Crippen molar-refractivity contribution in [1.82, 2.24) is 19.9 Å². The zero-order chi connectivity index (χ0) is 23.1. The summed E-state index contributed by atoms with van der Waals surface area (Å²) in [6.07, 6.45) is 2.09. The number of aromatic nitrogens is 1. The third kappa shape index (κ3) is 4.71. The van der Waals surface area contributed by atoms with Gasteiger partial charge in [-0.2, -0.15) is 0 Å². The van der Waals surface area contributed by atoms with E-state index >= 15 is 0 Å². The molecule has 1 unspecified atom stereocenters. The van der Waals surface area contributed by atoms with Crippen LogP contribution in [0.4, 0.5) is 10.5 Å². The molecule has 174 valence electrons. The number of fused-ring (bicyclic) bond motifs is 1. The smallest absolute Gasteiger partial charge is 0.322 e. The van der Waals surface area contributed by atoms with Crippen molar-refractivity contribution in [1.29, 1.82) is 0 Å². The molecule has 8 heteroatoms. The third-order valence-electron chi connectivity index (χ3n) is 6.41. The zero-order valence-corrected chi connectivity index (χ0v) is 20.5. The number of rotatable bonds is 5. The van der Waals surface area contributed by atoms with E-state index in [0.29, 0.717) is 11.8 Å². The van der Waals surface area contributed by atoms with Crippen LogP contribution in [0.3, 0.4) is 0 Å². The van der Waals surface area contributed by atoms with Crippen LogP contribution in [-0.2, 0) is 10.2 Å². The van der Waals surface area contributed by atoms with Crippen molar-refractivity contribution in [3.05, 3.63) is 30.0 Å². The lowest BCUT2D eigenvalue weighted by atomic mass is 9.92. The molecule has 0 aliphatic carbocycles. The topological polar surface area (TPSA) is 89.3 Å². The molecule has 2 aliphatic heterocycles. The lowest BCUT2D eigenvalue weighted by Crippen LogP contribution is -2.48. The fourth-order valence-electron chi connectivity index (χ4n) is 4.40. The summed E-state index contributed by atoms with van der Waals surface area (Å²) in [5, 5.41) is 12.3. The molecule has 2 saturated heterocycles. The van der Waals surface area contributed by atoms with E-state index in [-0.39, 0.29) is 22.0 Å². The summed E-state index contributed by atoms with van der Waals surface area (Å²) in [5.41, 5.74) is 2.86. The molecule has 3 amide bonds. The number of nitrogens with one attached hydrogen (secondary N) is 4. The van der Waals surface area contributed by atoms with E-state index in [1.807, 2.05) is 13.8 Å². The van der Waals surface area contributed by atoms with Gasteiger partial charge in [0, 0.05) is 52.6 Å². The van der Waals surface area contributed by atoms with E-state index in [9.17, 15) is 9.59 Å². The van der Waals surface area contributed by atoms with Gasteiger partial charge in [-0.1, -0.05) is 20.8 Å². The lowest BCUT2D eigenvalue weighted by Gasteiger charge is -2.36. The molecule has 32 heavy (non-hydrogen) atoms. The van der Waals surface area contributed by atoms with Gasteiger partial charge >= 0.3 is 6.03 Å². The van der Waals surface area contributed by atoms with Crippen LogP contribution in [0.1, 0.15) is 53.2 Å². The molecule has 4 N–H and O–H groups in total. The van der Waals surface area contributed by atoms with E-state index in [1.54, 1.807) is 0 Å². The molecule has 2 aliphatic rings. The number of amides is 3. The van der Waals surface area contributed by atoms with E-state index in [2.05, 4.69) is 75.6 Å². The van der Waals surface area contributed by atoms with E-state index in [0.717, 1.165) is 31.6 Å². The fraction of sp³-hybridized carbons (Fsp3) is 0.542. The average molecular weight is 458 g/mol. The highest BCUT2D eigenvalue weighted by Gasteiger charge is 2.43. The molecular weight excluding hydrogens is 422 g/mol. The first-order chi connectivity index (χ1) is 15.1. The van der Waals surface area contributed by atoms with Crippen LogP contribution in [0, 0.1) is 0 Å². The second-order valence-electron chi connectivity index (χ2n) is 10.1. The van der Waals surface area contributed by atoms with Crippen LogP contribution < -0.4 is 16.0 Å². The van der Waals surface area contributed by atoms with E-state index in [4.69, 9.17) is 0 Å². The Morgan fingerprint density at radius 1 is 1.22 bits per heavy atom. The molecule has 2 atom stereocenters. The predicted molar refractivity (Wildman–Crippen MR) is 134 cm³/mol. The van der Waals surface area contributed by atoms with E-state index < -0.39 is 11.6 Å². The normalized spacial score (nSPS) is 24.0. The van der Waals surface area contributed by atoms with Crippen LogP contribution in [0.25, 0.3) is 10.9 Å². The van der Waals surface area contributed by atoms with Gasteiger partial charge in [0.05, 0.1) is 0 Å². The van der Waals surface area contributed by atoms with Gasteiger partial charge in [0.25, 0.3) is 5.91 Å². The summed E-state index contributed by atoms with van der Waals surface area (Å²) in [7, 11) is -0.168. The molecule has 0 radical (unpaired) electrons. The number of carbonyl (C=O) groups is 2. The summed E-state index contributed by atoms with van der Waals surface area (Å²) in [5.74, 6) is 0.382. The monoisotopic (exact) mass is 457 g/mol. The highest BCUT2D eigenvalue weighted by Crippen LogP contribution is 2.31. The zero-order valence-electron chi connectivity index (χ0n) is 19.7. The maximum Gasteiger partial charge on any atom is 0.322 e. The lowest BCUT2D eigenvalue weighted by molar-refractivity contribution is -0.122. The Morgan fingerprint density at radius 3 is 2.53 bits per heavy atom. The van der Waals surface area contributed by atoms with Gasteiger partial charge in [0.15, 0.2) is 0 Å². The second-order valence-corrected chi connectivity index (χ2v) is 12.2. The van der Waals surface area contributed by atoms with Crippen molar-refractivity contribution in [2.24, 2.45) is 0 Å². The number of hydrogen-bond acceptors (Lipinski definition) is 4. The van der Waals surface area contributed by atoms with Crippen molar-refractivity contribution in [3.8, 4) is 0 Å². The summed E-state index contributed by atoms with van der Waals surface area (Å²) >= 11 is 0. The standard InChI is InChI=1S/C24H35N5O2S/c1-6-32(15-24(5)21(30)27-22(31)28-24)29-11-9-17(10-12-29)25-18-7-8-19-16(13-18)14-20(26-19)23(2,3)4/h6-8,13-14,17,25-26H,9-12,15H2,1-5H3,(H2,27,28,30,31)/t24-,32?/m1/s1. The van der Waals surface area contributed by atoms with Gasteiger partial charge in [-0.25, -0.2) is 4.79 Å². The number of nitrogens with zero attached hydrogens (tertiary/aromatic N) is 1. The van der Waals surface area contributed by atoms with Crippen molar-refractivity contribution in [2.75, 3.05) is 24.2 Å². The molecule has 1 aromatic heterocycles. The van der Waals surface area contributed by atoms with Gasteiger partial charge in [-0.15, -0.1) is 10.7 Å². The predicted octanol–water partition coefficient (Wildman–Crippen LogP) is 3.95. The Labute approximate surface area is 192 Å². The van der Waals surface area contributed by atoms with Gasteiger partial charge in [-0.05, 0) is 56.3 Å². The number of H-pyrrole nitrogens is 1. The Morgan fingerprint density at radius 2 is 1.94 bits per heavy atom. The molecule has 1 aromatic carbocycles. The molecule has 0 saturated carbocycles. The van der Waals surface area contributed by atoms with Gasteiger partial charge < -0.3 is 15.6 Å². The van der Waals surface area contributed by atoms with Crippen molar-refractivity contribution in [2.45, 2.75) is 64.5 Å². The molecule has 4 rings (SSSR count). The minimum Gasteiger partial charge on any atom is -0.382 e. The van der Waals surface area contributed by atoms with Crippen LogP contribution in [0.5, 0.6) is 0 Å². The van der Waals surface area contributed by atoms with Crippen LogP contribution in [0.15, 0.2) is 24.3 Å². The number of benzene rings is 1. The molecule has 2 aromatic rings. The second kappa shape index (κ2) is 8.56. The Balaban J connectivity index is 1.36. The molecular formula is C24H35N5O2S. The van der Waals surface area contributed by atoms with Crippen molar-refractivity contribution < 1.29 is 9.59 Å². The van der Waals surface area contributed by atoms with E-state index in [1.165, 1.54) is 16.6 Å². The number of aromatic amines is 1. The number of urea groups is 1. The average Bonchev–Trinajstić information content (AvgIpc) is 3.27. The fourth-order valence-corrected chi connectivity index (χ4v) is 6.52. The van der Waals surface area contributed by atoms with Gasteiger partial charge in [-0.3, -0.25) is 14.4 Å². The van der Waals surface area contributed by atoms with Gasteiger partial charge in [0.1, 0.15) is 5.54 Å². The first-order valence-electron chi connectivity index (χ1n) is 11.3. The number of carbonyl (C=O) groups excluding carboxylic acids is 2. The number of imide groups is 1. The van der Waals surface area contributed by atoms with Gasteiger partial charge in [0.2, 0.25) is 0 Å². The van der Waals surface area contributed by atoms with Crippen LogP contribution in [0.2, 0.25) is 0 Å². The van der Waals surface area contributed by atoms with Crippen LogP contribution >= 0.6 is 10.7 Å². The molecule has 7 nitrogen and oxygen atoms in total. The molecule has 0 spiro atoms. The summed E-state index contributed by atoms with van der Waals surface area (Å²) in [6.45, 7) is 12.5. The maximum atomic E-state index is 12.2. The summed E-state index contributed by atoms with van der Waals surface area (Å²) in [6, 6.07) is 8.84. The summed E-state index contributed by atoms with van der Waals surface area (Å²) < 4.78 is 2.45. The first-order valence-corrected chi connectivity index (χ1v) is 12.8. The largest absolute Gasteiger partial charge is 0.382 e. The van der Waals surface area contributed by atoms with Crippen molar-refractivity contribution >= 4 is 44.6 Å². The Kier molecular flexibility index (Phi) is 6.11. The highest BCUT2D eigenvalue weighted by atomic mass is 32.2. The number of hydrogen-bond donors (Lipinski definition) is 4. The minimum atomic E-state index is -0.834.